The molecule has 4 nitrogen and oxygen atoms in total. The van der Waals surface area contributed by atoms with Crippen LogP contribution in [0.25, 0.3) is 0 Å². The average Bonchev–Trinajstić information content (AvgIpc) is 3.19. The van der Waals surface area contributed by atoms with Gasteiger partial charge in [-0.05, 0) is 55.3 Å². The summed E-state index contributed by atoms with van der Waals surface area (Å²) in [5.74, 6) is 1.40. The van der Waals surface area contributed by atoms with E-state index in [-0.39, 0.29) is 12.0 Å². The summed E-state index contributed by atoms with van der Waals surface area (Å²) in [6, 6.07) is 13.2. The van der Waals surface area contributed by atoms with Crippen molar-refractivity contribution in [3.8, 4) is 5.75 Å². The lowest BCUT2D eigenvalue weighted by molar-refractivity contribution is 0.0857. The Morgan fingerprint density at radius 1 is 1.31 bits per heavy atom. The molecule has 1 fully saturated rings. The van der Waals surface area contributed by atoms with Crippen molar-refractivity contribution < 1.29 is 14.3 Å². The highest BCUT2D eigenvalue weighted by Crippen LogP contribution is 2.29. The van der Waals surface area contributed by atoms with Gasteiger partial charge in [-0.25, -0.2) is 0 Å². The number of benzene rings is 2. The highest BCUT2D eigenvalue weighted by atomic mass is 35.5. The van der Waals surface area contributed by atoms with Gasteiger partial charge in [-0.15, -0.1) is 11.8 Å². The van der Waals surface area contributed by atoms with E-state index in [1.807, 2.05) is 36.4 Å². The summed E-state index contributed by atoms with van der Waals surface area (Å²) in [6.07, 6.45) is 2.21. The predicted octanol–water partition coefficient (Wildman–Crippen LogP) is 4.55. The van der Waals surface area contributed by atoms with Crippen molar-refractivity contribution in [1.29, 1.82) is 0 Å². The number of hydrogen-bond donors (Lipinski definition) is 1. The third-order valence-corrected chi connectivity index (χ3v) is 5.58. The molecule has 0 saturated carbocycles. The van der Waals surface area contributed by atoms with Crippen LogP contribution in [0.4, 0.5) is 0 Å². The Labute approximate surface area is 163 Å². The maximum atomic E-state index is 12.4. The molecule has 1 N–H and O–H groups in total. The van der Waals surface area contributed by atoms with Crippen LogP contribution in [-0.2, 0) is 10.5 Å². The van der Waals surface area contributed by atoms with Crippen LogP contribution in [0, 0.1) is 0 Å². The minimum atomic E-state index is -0.0825. The molecule has 1 saturated heterocycles. The van der Waals surface area contributed by atoms with Gasteiger partial charge in [0.1, 0.15) is 5.75 Å². The Bertz CT molecular complexity index is 745. The van der Waals surface area contributed by atoms with Crippen molar-refractivity contribution in [3.63, 3.8) is 0 Å². The van der Waals surface area contributed by atoms with Crippen molar-refractivity contribution in [2.45, 2.75) is 29.6 Å². The van der Waals surface area contributed by atoms with E-state index in [0.717, 1.165) is 40.7 Å². The number of nitrogens with one attached hydrogen (secondary N) is 1. The Hall–Kier alpha value is -1.69. The van der Waals surface area contributed by atoms with Gasteiger partial charge in [-0.1, -0.05) is 11.6 Å². The highest BCUT2D eigenvalue weighted by molar-refractivity contribution is 7.98. The molecule has 1 unspecified atom stereocenters. The molecule has 6 heteroatoms. The molecule has 26 heavy (non-hydrogen) atoms. The molecule has 2 aromatic rings. The Kier molecular flexibility index (Phi) is 6.83. The molecule has 0 radical (unpaired) electrons. The molecule has 1 aliphatic heterocycles. The van der Waals surface area contributed by atoms with Crippen LogP contribution in [0.5, 0.6) is 5.75 Å². The fourth-order valence-electron chi connectivity index (χ4n) is 2.84. The van der Waals surface area contributed by atoms with E-state index in [1.54, 1.807) is 24.9 Å². The van der Waals surface area contributed by atoms with Crippen LogP contribution in [0.3, 0.4) is 0 Å². The largest absolute Gasteiger partial charge is 0.496 e. The smallest absolute Gasteiger partial charge is 0.251 e. The van der Waals surface area contributed by atoms with Crippen molar-refractivity contribution >= 4 is 29.3 Å². The number of carbonyl (C=O) groups excluding carboxylic acids is 1. The van der Waals surface area contributed by atoms with E-state index < -0.39 is 0 Å². The Balaban J connectivity index is 1.64. The number of rotatable bonds is 7. The van der Waals surface area contributed by atoms with E-state index in [2.05, 4.69) is 5.32 Å². The summed E-state index contributed by atoms with van der Waals surface area (Å²) in [5, 5.41) is 3.68. The minimum Gasteiger partial charge on any atom is -0.496 e. The number of carbonyl (C=O) groups is 1. The van der Waals surface area contributed by atoms with Crippen molar-refractivity contribution in [2.75, 3.05) is 20.3 Å². The first kappa shape index (κ1) is 19.1. The summed E-state index contributed by atoms with van der Waals surface area (Å²) >= 11 is 7.60. The van der Waals surface area contributed by atoms with E-state index in [0.29, 0.717) is 17.9 Å². The minimum absolute atomic E-state index is 0.0825. The number of ether oxygens (including phenoxy) is 2. The van der Waals surface area contributed by atoms with Gasteiger partial charge in [0.05, 0.1) is 13.2 Å². The van der Waals surface area contributed by atoms with Crippen molar-refractivity contribution in [3.05, 3.63) is 58.6 Å². The summed E-state index contributed by atoms with van der Waals surface area (Å²) in [4.78, 5) is 13.6. The lowest BCUT2D eigenvalue weighted by atomic mass is 10.1. The second-order valence-corrected chi connectivity index (χ2v) is 7.60. The molecule has 1 atom stereocenters. The molecule has 3 rings (SSSR count). The maximum Gasteiger partial charge on any atom is 0.251 e. The van der Waals surface area contributed by atoms with Gasteiger partial charge in [-0.3, -0.25) is 4.79 Å². The monoisotopic (exact) mass is 391 g/mol. The van der Waals surface area contributed by atoms with E-state index in [9.17, 15) is 4.79 Å². The van der Waals surface area contributed by atoms with Crippen molar-refractivity contribution in [1.82, 2.24) is 5.32 Å². The third kappa shape index (κ3) is 5.16. The first-order valence-corrected chi connectivity index (χ1v) is 9.97. The zero-order valence-corrected chi connectivity index (χ0v) is 16.2. The number of hydrogen-bond acceptors (Lipinski definition) is 4. The van der Waals surface area contributed by atoms with Crippen LogP contribution in [0.15, 0.2) is 47.4 Å². The van der Waals surface area contributed by atoms with Crippen LogP contribution < -0.4 is 10.1 Å². The number of amides is 1. The average molecular weight is 392 g/mol. The van der Waals surface area contributed by atoms with Crippen LogP contribution in [0.1, 0.15) is 28.8 Å². The molecule has 1 amide bonds. The van der Waals surface area contributed by atoms with Crippen LogP contribution >= 0.6 is 23.4 Å². The fraction of sp³-hybridized carbons (Fsp3) is 0.350. The second-order valence-electron chi connectivity index (χ2n) is 6.11. The summed E-state index contributed by atoms with van der Waals surface area (Å²) in [6.45, 7) is 1.34. The molecule has 0 aromatic heterocycles. The summed E-state index contributed by atoms with van der Waals surface area (Å²) < 4.78 is 11.0. The molecule has 138 valence electrons. The van der Waals surface area contributed by atoms with Gasteiger partial charge in [0.2, 0.25) is 0 Å². The van der Waals surface area contributed by atoms with Gasteiger partial charge >= 0.3 is 0 Å². The number of methoxy groups -OCH3 is 1. The molecule has 0 spiro atoms. The number of thioether (sulfide) groups is 1. The zero-order chi connectivity index (χ0) is 18.4. The molecular weight excluding hydrogens is 370 g/mol. The molecular formula is C20H22ClNO3S. The van der Waals surface area contributed by atoms with Gasteiger partial charge in [0, 0.05) is 39.9 Å². The van der Waals surface area contributed by atoms with Crippen LogP contribution in [0.2, 0.25) is 5.02 Å². The van der Waals surface area contributed by atoms with Crippen molar-refractivity contribution in [2.24, 2.45) is 0 Å². The van der Waals surface area contributed by atoms with Gasteiger partial charge in [-0.2, -0.15) is 0 Å². The third-order valence-electron chi connectivity index (χ3n) is 4.26. The molecule has 0 bridgehead atoms. The second kappa shape index (κ2) is 9.31. The highest BCUT2D eigenvalue weighted by Gasteiger charge is 2.17. The SMILES string of the molecule is COc1ccc(C(=O)NCC2CCCO2)cc1CSc1ccc(Cl)cc1. The normalized spacial score (nSPS) is 16.5. The maximum absolute atomic E-state index is 12.4. The standard InChI is InChI=1S/C20H22ClNO3S/c1-24-19-9-4-14(20(23)22-12-17-3-2-10-25-17)11-15(19)13-26-18-7-5-16(21)6-8-18/h4-9,11,17H,2-3,10,12-13H2,1H3,(H,22,23). The summed E-state index contributed by atoms with van der Waals surface area (Å²) in [5.41, 5.74) is 1.62. The molecule has 2 aromatic carbocycles. The Morgan fingerprint density at radius 3 is 2.81 bits per heavy atom. The van der Waals surface area contributed by atoms with E-state index >= 15 is 0 Å². The van der Waals surface area contributed by atoms with E-state index in [4.69, 9.17) is 21.1 Å². The molecule has 0 aliphatic carbocycles. The fourth-order valence-corrected chi connectivity index (χ4v) is 3.84. The first-order chi connectivity index (χ1) is 12.7. The lowest BCUT2D eigenvalue weighted by Crippen LogP contribution is -2.31. The summed E-state index contributed by atoms with van der Waals surface area (Å²) in [7, 11) is 1.64. The molecule has 1 heterocycles. The van der Waals surface area contributed by atoms with Gasteiger partial charge < -0.3 is 14.8 Å². The Morgan fingerprint density at radius 2 is 2.12 bits per heavy atom. The van der Waals surface area contributed by atoms with E-state index in [1.165, 1.54) is 0 Å². The van der Waals surface area contributed by atoms with Crippen LogP contribution in [-0.4, -0.2) is 32.3 Å². The quantitative estimate of drug-likeness (QED) is 0.703. The zero-order valence-electron chi connectivity index (χ0n) is 14.7. The first-order valence-electron chi connectivity index (χ1n) is 8.61. The topological polar surface area (TPSA) is 47.6 Å². The predicted molar refractivity (Wildman–Crippen MR) is 105 cm³/mol. The number of halogens is 1. The van der Waals surface area contributed by atoms with Gasteiger partial charge in [0.15, 0.2) is 0 Å². The lowest BCUT2D eigenvalue weighted by Gasteiger charge is -2.13. The molecule has 1 aliphatic rings. The van der Waals surface area contributed by atoms with Gasteiger partial charge in [0.25, 0.3) is 5.91 Å².